The van der Waals surface area contributed by atoms with E-state index < -0.39 is 0 Å². The Morgan fingerprint density at radius 3 is 2.45 bits per heavy atom. The number of aliphatic hydroxyl groups excluding tert-OH is 1. The lowest BCUT2D eigenvalue weighted by molar-refractivity contribution is 0.262. The van der Waals surface area contributed by atoms with Crippen molar-refractivity contribution in [2.75, 3.05) is 17.2 Å². The van der Waals surface area contributed by atoms with Gasteiger partial charge in [0.05, 0.1) is 0 Å². The fraction of sp³-hybridized carbons (Fsp3) is 0.133. The van der Waals surface area contributed by atoms with Crippen LogP contribution in [0.4, 0.5) is 16.2 Å². The number of aliphatic hydroxyl groups is 1. The molecule has 0 fully saturated rings. The molecule has 5 heteroatoms. The van der Waals surface area contributed by atoms with E-state index in [1.54, 1.807) is 0 Å². The number of carbonyl (C=O) groups excluding carboxylic acids is 1. The molecule has 2 aromatic rings. The average Bonchev–Trinajstić information content (AvgIpc) is 2.44. The van der Waals surface area contributed by atoms with E-state index in [4.69, 9.17) is 5.11 Å². The van der Waals surface area contributed by atoms with Crippen LogP contribution in [0.5, 0.6) is 0 Å². The van der Waals surface area contributed by atoms with Crippen LogP contribution in [0, 0.1) is 0 Å². The molecule has 2 aromatic carbocycles. The minimum atomic E-state index is -0.308. The Morgan fingerprint density at radius 2 is 1.75 bits per heavy atom. The molecule has 0 aliphatic heterocycles. The molecular formula is C15H15BrN2O2. The first-order valence-electron chi connectivity index (χ1n) is 6.21. The third kappa shape index (κ3) is 4.08. The maximum absolute atomic E-state index is 11.9. The summed E-state index contributed by atoms with van der Waals surface area (Å²) in [7, 11) is 0. The topological polar surface area (TPSA) is 61.4 Å². The van der Waals surface area contributed by atoms with Gasteiger partial charge in [-0.25, -0.2) is 4.79 Å². The molecule has 2 amide bonds. The second-order valence-corrected chi connectivity index (χ2v) is 5.13. The number of halogens is 1. The molecule has 4 nitrogen and oxygen atoms in total. The number of para-hydroxylation sites is 1. The quantitative estimate of drug-likeness (QED) is 0.799. The van der Waals surface area contributed by atoms with Gasteiger partial charge in [-0.3, -0.25) is 0 Å². The first-order valence-corrected chi connectivity index (χ1v) is 7.00. The van der Waals surface area contributed by atoms with Crippen LogP contribution < -0.4 is 10.6 Å². The van der Waals surface area contributed by atoms with Crippen molar-refractivity contribution in [1.82, 2.24) is 0 Å². The number of nitrogens with one attached hydrogen (secondary N) is 2. The second-order valence-electron chi connectivity index (χ2n) is 4.22. The fourth-order valence-electron chi connectivity index (χ4n) is 1.80. The lowest BCUT2D eigenvalue weighted by Crippen LogP contribution is -2.20. The summed E-state index contributed by atoms with van der Waals surface area (Å²) in [6.07, 6.45) is 0.509. The highest BCUT2D eigenvalue weighted by molar-refractivity contribution is 9.10. The summed E-state index contributed by atoms with van der Waals surface area (Å²) in [6.45, 7) is 0.0486. The van der Waals surface area contributed by atoms with Gasteiger partial charge >= 0.3 is 6.03 Å². The van der Waals surface area contributed by atoms with Gasteiger partial charge in [-0.15, -0.1) is 0 Å². The molecule has 0 atom stereocenters. The van der Waals surface area contributed by atoms with E-state index in [0.717, 1.165) is 10.0 Å². The zero-order valence-corrected chi connectivity index (χ0v) is 12.4. The standard InChI is InChI=1S/C15H15BrN2O2/c16-12-5-7-13(8-6-12)17-15(20)18-14-4-2-1-3-11(14)9-10-19/h1-8,19H,9-10H2,(H2,17,18,20). The number of benzene rings is 2. The van der Waals surface area contributed by atoms with Crippen molar-refractivity contribution in [2.45, 2.75) is 6.42 Å². The van der Waals surface area contributed by atoms with Gasteiger partial charge < -0.3 is 15.7 Å². The van der Waals surface area contributed by atoms with Gasteiger partial charge in [0.25, 0.3) is 0 Å². The highest BCUT2D eigenvalue weighted by Gasteiger charge is 2.06. The molecular weight excluding hydrogens is 320 g/mol. The number of rotatable bonds is 4. The molecule has 0 saturated heterocycles. The Labute approximate surface area is 126 Å². The zero-order valence-electron chi connectivity index (χ0n) is 10.8. The van der Waals surface area contributed by atoms with Crippen LogP contribution >= 0.6 is 15.9 Å². The highest BCUT2D eigenvalue weighted by atomic mass is 79.9. The Kier molecular flexibility index (Phi) is 5.15. The molecule has 2 rings (SSSR count). The molecule has 0 aliphatic rings. The Balaban J connectivity index is 2.02. The van der Waals surface area contributed by atoms with Crippen molar-refractivity contribution in [1.29, 1.82) is 0 Å². The molecule has 20 heavy (non-hydrogen) atoms. The van der Waals surface area contributed by atoms with Crippen LogP contribution in [0.2, 0.25) is 0 Å². The third-order valence-electron chi connectivity index (χ3n) is 2.75. The van der Waals surface area contributed by atoms with Gasteiger partial charge in [-0.1, -0.05) is 34.1 Å². The SMILES string of the molecule is O=C(Nc1ccc(Br)cc1)Nc1ccccc1CCO. The lowest BCUT2D eigenvalue weighted by atomic mass is 10.1. The predicted molar refractivity (Wildman–Crippen MR) is 84.0 cm³/mol. The van der Waals surface area contributed by atoms with Crippen molar-refractivity contribution in [2.24, 2.45) is 0 Å². The van der Waals surface area contributed by atoms with Crippen molar-refractivity contribution in [3.8, 4) is 0 Å². The predicted octanol–water partition coefficient (Wildman–Crippen LogP) is 3.63. The fourth-order valence-corrected chi connectivity index (χ4v) is 2.06. The van der Waals surface area contributed by atoms with E-state index in [1.807, 2.05) is 48.5 Å². The zero-order chi connectivity index (χ0) is 14.4. The van der Waals surface area contributed by atoms with Crippen molar-refractivity contribution in [3.63, 3.8) is 0 Å². The van der Waals surface area contributed by atoms with Crippen LogP contribution in [0.3, 0.4) is 0 Å². The maximum Gasteiger partial charge on any atom is 0.323 e. The van der Waals surface area contributed by atoms with E-state index in [1.165, 1.54) is 0 Å². The van der Waals surface area contributed by atoms with Crippen LogP contribution in [-0.2, 0) is 6.42 Å². The van der Waals surface area contributed by atoms with Crippen LogP contribution in [0.15, 0.2) is 53.0 Å². The Morgan fingerprint density at radius 1 is 1.05 bits per heavy atom. The normalized spacial score (nSPS) is 10.1. The Hall–Kier alpha value is -1.85. The summed E-state index contributed by atoms with van der Waals surface area (Å²) < 4.78 is 0.955. The van der Waals surface area contributed by atoms with E-state index >= 15 is 0 Å². The second kappa shape index (κ2) is 7.07. The first kappa shape index (κ1) is 14.6. The van der Waals surface area contributed by atoms with Crippen LogP contribution in [0.25, 0.3) is 0 Å². The number of hydrogen-bond acceptors (Lipinski definition) is 2. The molecule has 0 radical (unpaired) electrons. The highest BCUT2D eigenvalue weighted by Crippen LogP contribution is 2.17. The van der Waals surface area contributed by atoms with Crippen LogP contribution in [-0.4, -0.2) is 17.7 Å². The lowest BCUT2D eigenvalue weighted by Gasteiger charge is -2.11. The monoisotopic (exact) mass is 334 g/mol. The smallest absolute Gasteiger partial charge is 0.323 e. The van der Waals surface area contributed by atoms with E-state index in [-0.39, 0.29) is 12.6 Å². The Bertz CT molecular complexity index is 585. The van der Waals surface area contributed by atoms with Gasteiger partial charge in [-0.2, -0.15) is 0 Å². The molecule has 0 aliphatic carbocycles. The average molecular weight is 335 g/mol. The minimum absolute atomic E-state index is 0.0486. The van der Waals surface area contributed by atoms with E-state index in [0.29, 0.717) is 17.8 Å². The van der Waals surface area contributed by atoms with Gasteiger partial charge in [-0.05, 0) is 42.3 Å². The molecule has 104 valence electrons. The molecule has 0 bridgehead atoms. The van der Waals surface area contributed by atoms with Gasteiger partial charge in [0.1, 0.15) is 0 Å². The molecule has 0 aromatic heterocycles. The number of urea groups is 1. The molecule has 3 N–H and O–H groups in total. The molecule has 0 unspecified atom stereocenters. The number of carbonyl (C=O) groups is 1. The molecule has 0 saturated carbocycles. The number of anilines is 2. The summed E-state index contributed by atoms with van der Waals surface area (Å²) in [5.41, 5.74) is 2.32. The van der Waals surface area contributed by atoms with Crippen molar-refractivity contribution < 1.29 is 9.90 Å². The van der Waals surface area contributed by atoms with Gasteiger partial charge in [0, 0.05) is 22.5 Å². The maximum atomic E-state index is 11.9. The summed E-state index contributed by atoms with van der Waals surface area (Å²) in [4.78, 5) is 11.9. The summed E-state index contributed by atoms with van der Waals surface area (Å²) >= 11 is 3.34. The third-order valence-corrected chi connectivity index (χ3v) is 3.28. The summed E-state index contributed by atoms with van der Waals surface area (Å²) in [5, 5.41) is 14.5. The van der Waals surface area contributed by atoms with Crippen molar-refractivity contribution >= 4 is 33.3 Å². The number of hydrogen-bond donors (Lipinski definition) is 3. The molecule has 0 heterocycles. The van der Waals surface area contributed by atoms with E-state index in [2.05, 4.69) is 26.6 Å². The van der Waals surface area contributed by atoms with Crippen molar-refractivity contribution in [3.05, 3.63) is 58.6 Å². The van der Waals surface area contributed by atoms with Gasteiger partial charge in [0.2, 0.25) is 0 Å². The summed E-state index contributed by atoms with van der Waals surface area (Å²) in [5.74, 6) is 0. The van der Waals surface area contributed by atoms with E-state index in [9.17, 15) is 4.79 Å². The molecule has 0 spiro atoms. The van der Waals surface area contributed by atoms with Gasteiger partial charge in [0.15, 0.2) is 0 Å². The number of amides is 2. The van der Waals surface area contributed by atoms with Crippen LogP contribution in [0.1, 0.15) is 5.56 Å². The summed E-state index contributed by atoms with van der Waals surface area (Å²) in [6, 6.07) is 14.4. The first-order chi connectivity index (χ1) is 9.69. The minimum Gasteiger partial charge on any atom is -0.396 e. The largest absolute Gasteiger partial charge is 0.396 e.